The summed E-state index contributed by atoms with van der Waals surface area (Å²) in [5, 5.41) is 6.74. The van der Waals surface area contributed by atoms with Crippen molar-refractivity contribution in [2.75, 3.05) is 31.0 Å². The SMILES string of the molecule is CCOc1cc(CNc2ccc(OC)cc2)cc(Br)c1OCC(=O)Nc1ccc(C)c(Cl)c1. The van der Waals surface area contributed by atoms with Crippen molar-refractivity contribution in [3.05, 3.63) is 75.2 Å². The summed E-state index contributed by atoms with van der Waals surface area (Å²) in [5.41, 5.74) is 3.52. The van der Waals surface area contributed by atoms with Gasteiger partial charge in [-0.1, -0.05) is 17.7 Å². The number of hydrogen-bond donors (Lipinski definition) is 2. The zero-order chi connectivity index (χ0) is 23.8. The van der Waals surface area contributed by atoms with Gasteiger partial charge in [0.2, 0.25) is 0 Å². The van der Waals surface area contributed by atoms with Crippen molar-refractivity contribution in [2.45, 2.75) is 20.4 Å². The van der Waals surface area contributed by atoms with Gasteiger partial charge in [-0.2, -0.15) is 0 Å². The van der Waals surface area contributed by atoms with Crippen molar-refractivity contribution in [1.82, 2.24) is 0 Å². The molecule has 8 heteroatoms. The number of methoxy groups -OCH3 is 1. The van der Waals surface area contributed by atoms with Crippen molar-refractivity contribution in [3.63, 3.8) is 0 Å². The van der Waals surface area contributed by atoms with Crippen LogP contribution in [0.5, 0.6) is 17.2 Å². The van der Waals surface area contributed by atoms with E-state index in [9.17, 15) is 4.79 Å². The molecule has 2 N–H and O–H groups in total. The van der Waals surface area contributed by atoms with E-state index >= 15 is 0 Å². The Kier molecular flexibility index (Phi) is 8.86. The molecular weight excluding hydrogens is 508 g/mol. The first kappa shape index (κ1) is 24.7. The zero-order valence-electron chi connectivity index (χ0n) is 18.7. The van der Waals surface area contributed by atoms with Crippen LogP contribution in [0.2, 0.25) is 5.02 Å². The molecule has 3 aromatic rings. The Morgan fingerprint density at radius 2 is 1.76 bits per heavy atom. The number of rotatable bonds is 10. The van der Waals surface area contributed by atoms with E-state index in [0.717, 1.165) is 22.6 Å². The highest BCUT2D eigenvalue weighted by atomic mass is 79.9. The molecule has 33 heavy (non-hydrogen) atoms. The largest absolute Gasteiger partial charge is 0.497 e. The number of amides is 1. The topological polar surface area (TPSA) is 68.8 Å². The highest BCUT2D eigenvalue weighted by Gasteiger charge is 2.15. The van der Waals surface area contributed by atoms with Crippen LogP contribution in [0, 0.1) is 6.92 Å². The Labute approximate surface area is 207 Å². The molecule has 1 amide bonds. The lowest BCUT2D eigenvalue weighted by molar-refractivity contribution is -0.118. The number of carbonyl (C=O) groups excluding carboxylic acids is 1. The lowest BCUT2D eigenvalue weighted by atomic mass is 10.2. The Morgan fingerprint density at radius 1 is 1.03 bits per heavy atom. The van der Waals surface area contributed by atoms with E-state index in [-0.39, 0.29) is 12.5 Å². The van der Waals surface area contributed by atoms with Crippen molar-refractivity contribution in [3.8, 4) is 17.2 Å². The standard InChI is InChI=1S/C25H26BrClN2O4/c1-4-32-23-12-17(14-28-18-7-9-20(31-3)10-8-18)11-21(26)25(23)33-15-24(30)29-19-6-5-16(2)22(27)13-19/h5-13,28H,4,14-15H2,1-3H3,(H,29,30). The molecule has 0 heterocycles. The summed E-state index contributed by atoms with van der Waals surface area (Å²) >= 11 is 9.67. The summed E-state index contributed by atoms with van der Waals surface area (Å²) in [6.07, 6.45) is 0. The van der Waals surface area contributed by atoms with Crippen LogP contribution in [0.15, 0.2) is 59.1 Å². The fourth-order valence-electron chi connectivity index (χ4n) is 3.04. The van der Waals surface area contributed by atoms with Gasteiger partial charge < -0.3 is 24.8 Å². The molecule has 0 saturated heterocycles. The minimum absolute atomic E-state index is 0.173. The van der Waals surface area contributed by atoms with Crippen LogP contribution in [0.1, 0.15) is 18.1 Å². The van der Waals surface area contributed by atoms with E-state index < -0.39 is 0 Å². The maximum atomic E-state index is 12.4. The average molecular weight is 534 g/mol. The fourth-order valence-corrected chi connectivity index (χ4v) is 3.83. The van der Waals surface area contributed by atoms with Crippen molar-refractivity contribution in [1.29, 1.82) is 0 Å². The van der Waals surface area contributed by atoms with Crippen molar-refractivity contribution >= 4 is 44.8 Å². The number of hydrogen-bond acceptors (Lipinski definition) is 5. The first-order chi connectivity index (χ1) is 15.9. The summed E-state index contributed by atoms with van der Waals surface area (Å²) in [7, 11) is 1.64. The Bertz CT molecular complexity index is 1110. The van der Waals surface area contributed by atoms with Crippen LogP contribution < -0.4 is 24.8 Å². The number of halogens is 2. The van der Waals surface area contributed by atoms with Gasteiger partial charge in [-0.3, -0.25) is 4.79 Å². The first-order valence-corrected chi connectivity index (χ1v) is 11.6. The maximum Gasteiger partial charge on any atom is 0.262 e. The molecule has 3 rings (SSSR count). The zero-order valence-corrected chi connectivity index (χ0v) is 21.0. The minimum Gasteiger partial charge on any atom is -0.497 e. The molecule has 0 bridgehead atoms. The van der Waals surface area contributed by atoms with Crippen LogP contribution >= 0.6 is 27.5 Å². The molecule has 0 spiro atoms. The first-order valence-electron chi connectivity index (χ1n) is 10.4. The third kappa shape index (κ3) is 7.04. The highest BCUT2D eigenvalue weighted by molar-refractivity contribution is 9.10. The molecule has 6 nitrogen and oxygen atoms in total. The van der Waals surface area contributed by atoms with E-state index in [0.29, 0.717) is 39.8 Å². The van der Waals surface area contributed by atoms with E-state index in [2.05, 4.69) is 26.6 Å². The van der Waals surface area contributed by atoms with Crippen LogP contribution in [0.4, 0.5) is 11.4 Å². The molecule has 0 unspecified atom stereocenters. The Morgan fingerprint density at radius 3 is 2.42 bits per heavy atom. The molecular formula is C25H26BrClN2O4. The van der Waals surface area contributed by atoms with E-state index in [1.54, 1.807) is 19.2 Å². The highest BCUT2D eigenvalue weighted by Crippen LogP contribution is 2.37. The van der Waals surface area contributed by atoms with Crippen LogP contribution in [0.25, 0.3) is 0 Å². The smallest absolute Gasteiger partial charge is 0.262 e. The van der Waals surface area contributed by atoms with Gasteiger partial charge in [0.25, 0.3) is 5.91 Å². The molecule has 0 radical (unpaired) electrons. The van der Waals surface area contributed by atoms with Crippen molar-refractivity contribution in [2.24, 2.45) is 0 Å². The summed E-state index contributed by atoms with van der Waals surface area (Å²) in [6.45, 7) is 4.67. The lowest BCUT2D eigenvalue weighted by Gasteiger charge is -2.16. The fraction of sp³-hybridized carbons (Fsp3) is 0.240. The van der Waals surface area contributed by atoms with Gasteiger partial charge in [0.05, 0.1) is 18.2 Å². The number of aryl methyl sites for hydroxylation is 1. The normalized spacial score (nSPS) is 10.5. The maximum absolute atomic E-state index is 12.4. The van der Waals surface area contributed by atoms with Gasteiger partial charge in [0.1, 0.15) is 5.75 Å². The van der Waals surface area contributed by atoms with Crippen LogP contribution in [-0.2, 0) is 11.3 Å². The molecule has 0 atom stereocenters. The molecule has 0 aliphatic carbocycles. The van der Waals surface area contributed by atoms with Gasteiger partial charge >= 0.3 is 0 Å². The second-order valence-electron chi connectivity index (χ2n) is 7.22. The van der Waals surface area contributed by atoms with Gasteiger partial charge in [0.15, 0.2) is 18.1 Å². The van der Waals surface area contributed by atoms with Gasteiger partial charge in [-0.05, 0) is 89.4 Å². The molecule has 0 aliphatic rings. The third-order valence-corrected chi connectivity index (χ3v) is 5.76. The van der Waals surface area contributed by atoms with E-state index in [1.807, 2.05) is 56.3 Å². The summed E-state index contributed by atoms with van der Waals surface area (Å²) in [4.78, 5) is 12.4. The van der Waals surface area contributed by atoms with Crippen LogP contribution in [-0.4, -0.2) is 26.2 Å². The lowest BCUT2D eigenvalue weighted by Crippen LogP contribution is -2.20. The summed E-state index contributed by atoms with van der Waals surface area (Å²) < 4.78 is 17.5. The van der Waals surface area contributed by atoms with Crippen molar-refractivity contribution < 1.29 is 19.0 Å². The predicted molar refractivity (Wildman–Crippen MR) is 136 cm³/mol. The van der Waals surface area contributed by atoms with E-state index in [1.165, 1.54) is 0 Å². The second-order valence-corrected chi connectivity index (χ2v) is 8.48. The number of carbonyl (C=O) groups is 1. The number of nitrogens with one attached hydrogen (secondary N) is 2. The predicted octanol–water partition coefficient (Wildman–Crippen LogP) is 6.45. The molecule has 174 valence electrons. The quantitative estimate of drug-likeness (QED) is 0.313. The summed E-state index contributed by atoms with van der Waals surface area (Å²) in [6, 6.07) is 16.9. The molecule has 0 aliphatic heterocycles. The van der Waals surface area contributed by atoms with Gasteiger partial charge in [0, 0.05) is 22.9 Å². The Balaban J connectivity index is 1.65. The molecule has 3 aromatic carbocycles. The minimum atomic E-state index is -0.297. The molecule has 0 aromatic heterocycles. The molecule has 0 fully saturated rings. The van der Waals surface area contributed by atoms with Gasteiger partial charge in [-0.15, -0.1) is 0 Å². The summed E-state index contributed by atoms with van der Waals surface area (Å²) in [5.74, 6) is 1.54. The Hall–Kier alpha value is -2.90. The monoisotopic (exact) mass is 532 g/mol. The number of anilines is 2. The third-order valence-electron chi connectivity index (χ3n) is 4.76. The van der Waals surface area contributed by atoms with Gasteiger partial charge in [-0.25, -0.2) is 0 Å². The molecule has 0 saturated carbocycles. The van der Waals surface area contributed by atoms with E-state index in [4.69, 9.17) is 25.8 Å². The van der Waals surface area contributed by atoms with Crippen LogP contribution in [0.3, 0.4) is 0 Å². The number of ether oxygens (including phenoxy) is 3. The average Bonchev–Trinajstić information content (AvgIpc) is 2.80. The number of benzene rings is 3. The second kappa shape index (κ2) is 11.8.